The van der Waals surface area contributed by atoms with Gasteiger partial charge in [-0.1, -0.05) is 140 Å². The molecule has 0 aliphatic carbocycles. The van der Waals surface area contributed by atoms with Gasteiger partial charge in [0.05, 0.1) is 56.4 Å². The van der Waals surface area contributed by atoms with Gasteiger partial charge in [0.1, 0.15) is 71.3 Å². The van der Waals surface area contributed by atoms with Crippen LogP contribution in [-0.2, 0) is 0 Å². The normalized spacial score (nSPS) is 9.44. The van der Waals surface area contributed by atoms with Crippen LogP contribution >= 0.6 is 0 Å². The number of rotatable bonds is 0. The first-order chi connectivity index (χ1) is 51.1. The summed E-state index contributed by atoms with van der Waals surface area (Å²) in [4.78, 5) is 76.1. The SMILES string of the molecule is CC.CC.CC.CC.Cc1cnc2ccccc2n1.Cc1cnccn1.Cc1ncc2ccccc2n1.Cc1ncc2oc3ccccc3c2n1.Cc1ncnc2c1oc1ccccc12.Cc1ncncn1.c1ccc2nccnc2c1.c1ccc2ncncc2c1.c1ccnnc1.c1cncnc1. The fourth-order valence-corrected chi connectivity index (χ4v) is 8.36. The monoisotopic (exact) mass is 1390 g/mol. The van der Waals surface area contributed by atoms with E-state index in [4.69, 9.17) is 8.83 Å². The Bertz CT molecular complexity index is 4850. The van der Waals surface area contributed by atoms with Crippen LogP contribution in [0.15, 0.2) is 285 Å². The average Bonchev–Trinajstić information content (AvgIpc) is 1.64. The molecule has 0 spiro atoms. The number of para-hydroxylation sites is 8. The van der Waals surface area contributed by atoms with Crippen molar-refractivity contribution < 1.29 is 8.83 Å². The minimum Gasteiger partial charge on any atom is -0.453 e. The molecule has 0 N–H and O–H groups in total. The van der Waals surface area contributed by atoms with Crippen LogP contribution in [0, 0.1) is 41.5 Å². The van der Waals surface area contributed by atoms with Crippen LogP contribution in [0.2, 0.25) is 0 Å². The fourth-order valence-electron chi connectivity index (χ4n) is 8.36. The molecule has 23 nitrogen and oxygen atoms in total. The maximum Gasteiger partial charge on any atom is 0.175 e. The molecule has 528 valence electrons. The third-order valence-corrected chi connectivity index (χ3v) is 12.8. The summed E-state index contributed by atoms with van der Waals surface area (Å²) in [5.74, 6) is 2.35. The molecule has 0 aliphatic heterocycles. The zero-order valence-corrected chi connectivity index (χ0v) is 61.2. The minimum absolute atomic E-state index is 0.747. The topological polar surface area (TPSA) is 297 Å². The van der Waals surface area contributed by atoms with Crippen LogP contribution in [-0.4, -0.2) is 105 Å². The highest BCUT2D eigenvalue weighted by Gasteiger charge is 2.10. The molecule has 6 aromatic carbocycles. The second-order valence-corrected chi connectivity index (χ2v) is 19.9. The third kappa shape index (κ3) is 28.1. The van der Waals surface area contributed by atoms with Gasteiger partial charge in [0.25, 0.3) is 0 Å². The Balaban J connectivity index is 0.000000208. The van der Waals surface area contributed by atoms with Crippen molar-refractivity contribution in [2.75, 3.05) is 0 Å². The lowest BCUT2D eigenvalue weighted by Gasteiger charge is -1.95. The number of aromatic nitrogens is 21. The van der Waals surface area contributed by atoms with E-state index in [-0.39, 0.29) is 0 Å². The molecule has 0 unspecified atom stereocenters. The molecule has 104 heavy (non-hydrogen) atoms. The van der Waals surface area contributed by atoms with Gasteiger partial charge in [-0.05, 0) is 120 Å². The Morgan fingerprint density at radius 1 is 0.250 bits per heavy atom. The first kappa shape index (κ1) is 81.4. The van der Waals surface area contributed by atoms with Gasteiger partial charge in [-0.25, -0.2) is 69.8 Å². The van der Waals surface area contributed by atoms with E-state index < -0.39 is 0 Å². The van der Waals surface area contributed by atoms with Crippen molar-refractivity contribution in [3.8, 4) is 0 Å². The zero-order valence-electron chi connectivity index (χ0n) is 61.2. The van der Waals surface area contributed by atoms with Gasteiger partial charge < -0.3 is 8.83 Å². The molecule has 0 atom stereocenters. The summed E-state index contributed by atoms with van der Waals surface area (Å²) in [6.07, 6.45) is 29.8. The van der Waals surface area contributed by atoms with E-state index in [1.165, 1.54) is 19.0 Å². The third-order valence-electron chi connectivity index (χ3n) is 12.8. The largest absolute Gasteiger partial charge is 0.453 e. The van der Waals surface area contributed by atoms with Crippen LogP contribution in [0.3, 0.4) is 0 Å². The zero-order chi connectivity index (χ0) is 74.8. The molecule has 12 aromatic heterocycles. The summed E-state index contributed by atoms with van der Waals surface area (Å²) in [6, 6.07) is 52.7. The summed E-state index contributed by atoms with van der Waals surface area (Å²) in [5, 5.41) is 11.4. The summed E-state index contributed by atoms with van der Waals surface area (Å²) < 4.78 is 11.2. The van der Waals surface area contributed by atoms with Crippen LogP contribution < -0.4 is 0 Å². The van der Waals surface area contributed by atoms with Crippen molar-refractivity contribution in [2.45, 2.75) is 96.9 Å². The number of hydrogen-bond acceptors (Lipinski definition) is 23. The van der Waals surface area contributed by atoms with Crippen molar-refractivity contribution in [2.24, 2.45) is 0 Å². The van der Waals surface area contributed by atoms with E-state index >= 15 is 0 Å². The summed E-state index contributed by atoms with van der Waals surface area (Å²) in [7, 11) is 0. The molecule has 18 rings (SSSR count). The molecular weight excluding hydrogens is 1300 g/mol. The second-order valence-electron chi connectivity index (χ2n) is 19.9. The van der Waals surface area contributed by atoms with Crippen LogP contribution in [0.5, 0.6) is 0 Å². The molecule has 0 bridgehead atoms. The summed E-state index contributed by atoms with van der Waals surface area (Å²) in [6.45, 7) is 27.4. The Morgan fingerprint density at radius 3 is 1.29 bits per heavy atom. The van der Waals surface area contributed by atoms with Gasteiger partial charge in [0, 0.05) is 95.9 Å². The Hall–Kier alpha value is -13.3. The number of benzene rings is 6. The lowest BCUT2D eigenvalue weighted by Crippen LogP contribution is -1.86. The van der Waals surface area contributed by atoms with E-state index in [0.717, 1.165) is 123 Å². The van der Waals surface area contributed by atoms with Gasteiger partial charge in [0.15, 0.2) is 11.2 Å². The Kier molecular flexibility index (Phi) is 37.9. The summed E-state index contributed by atoms with van der Waals surface area (Å²) in [5.41, 5.74) is 13.7. The lowest BCUT2D eigenvalue weighted by molar-refractivity contribution is 0.661. The van der Waals surface area contributed by atoms with Crippen LogP contribution in [0.25, 0.3) is 88.0 Å². The van der Waals surface area contributed by atoms with Crippen molar-refractivity contribution in [1.82, 2.24) is 105 Å². The fraction of sp³-hybridized carbons (Fsp3) is 0.173. The first-order valence-electron chi connectivity index (χ1n) is 33.7. The minimum atomic E-state index is 0.747. The molecular formula is C81H87N21O2. The van der Waals surface area contributed by atoms with Crippen LogP contribution in [0.1, 0.15) is 89.9 Å². The summed E-state index contributed by atoms with van der Waals surface area (Å²) >= 11 is 0. The lowest BCUT2D eigenvalue weighted by atomic mass is 10.2. The van der Waals surface area contributed by atoms with Crippen molar-refractivity contribution in [3.05, 3.63) is 311 Å². The molecule has 0 aliphatic rings. The van der Waals surface area contributed by atoms with Gasteiger partial charge in [0.2, 0.25) is 0 Å². The number of hydrogen-bond donors (Lipinski definition) is 0. The number of fused-ring (bicyclic) bond motifs is 10. The van der Waals surface area contributed by atoms with E-state index in [1.54, 1.807) is 86.9 Å². The van der Waals surface area contributed by atoms with Crippen molar-refractivity contribution in [1.29, 1.82) is 0 Å². The molecule has 0 saturated carbocycles. The first-order valence-corrected chi connectivity index (χ1v) is 33.7. The molecule has 12 heterocycles. The van der Waals surface area contributed by atoms with Gasteiger partial charge in [-0.15, -0.1) is 0 Å². The molecule has 0 saturated heterocycles. The highest BCUT2D eigenvalue weighted by molar-refractivity contribution is 6.03. The molecule has 0 radical (unpaired) electrons. The van der Waals surface area contributed by atoms with Crippen LogP contribution in [0.4, 0.5) is 0 Å². The smallest absolute Gasteiger partial charge is 0.175 e. The predicted molar refractivity (Wildman–Crippen MR) is 417 cm³/mol. The number of nitrogens with zero attached hydrogens (tertiary/aromatic N) is 21. The number of furan rings is 2. The quantitative estimate of drug-likeness (QED) is 0.136. The molecule has 23 heteroatoms. The van der Waals surface area contributed by atoms with E-state index in [2.05, 4.69) is 105 Å². The predicted octanol–water partition coefficient (Wildman–Crippen LogP) is 18.5. The van der Waals surface area contributed by atoms with Crippen molar-refractivity contribution >= 4 is 88.0 Å². The van der Waals surface area contributed by atoms with Crippen molar-refractivity contribution in [3.63, 3.8) is 0 Å². The Morgan fingerprint density at radius 2 is 0.760 bits per heavy atom. The highest BCUT2D eigenvalue weighted by atomic mass is 16.3. The maximum atomic E-state index is 5.66. The van der Waals surface area contributed by atoms with Gasteiger partial charge in [-0.3, -0.25) is 24.9 Å². The molecule has 0 fully saturated rings. The highest BCUT2D eigenvalue weighted by Crippen LogP contribution is 2.28. The number of aryl methyl sites for hydroxylation is 6. The van der Waals surface area contributed by atoms with Gasteiger partial charge in [-0.2, -0.15) is 10.2 Å². The van der Waals surface area contributed by atoms with E-state index in [9.17, 15) is 0 Å². The maximum absolute atomic E-state index is 5.66. The van der Waals surface area contributed by atoms with Gasteiger partial charge >= 0.3 is 0 Å². The van der Waals surface area contributed by atoms with E-state index in [0.29, 0.717) is 0 Å². The molecule has 0 amide bonds. The Labute approximate surface area is 606 Å². The second kappa shape index (κ2) is 48.4. The molecule has 18 aromatic rings. The van der Waals surface area contributed by atoms with E-state index in [1.807, 2.05) is 267 Å². The standard InChI is InChI=1S/2C11H8N2O.2C9H8N2.2C8H6N2.C5H6N2.C4H5N3.2C4H4N2.4C2H6/c1-7-11-10(13-6-12-7)8-4-2-3-5-9(8)14-11;1-7-12-6-10-11(13-7)8-4-2-3-5-9(8)14-10;1-7-10-6-8-4-2-3-5-9(8)11-7;1-7-6-10-8-4-2-3-5-9(8)11-7;1-2-4-8-7(3-1)5-9-6-10-8;1-2-4-8-7(3-1)9-5-6-10-8;1-5-4-6-2-3-7-5;1-4-6-2-5-3-7-4;1-2-5-4-6-3-1;1-2-4-6-5-3-1;4*1-2/h2*2-6H,1H3;2*2-6H,1H3;2*1-6H;2-4H,1H3;2-3H,1H3;2*1-4H;4*1-2H3. The average molecular weight is 1390 g/mol.